The Morgan fingerprint density at radius 2 is 1.76 bits per heavy atom. The standard InChI is InChI=1S/C18H36NO9P/c1-11(21)19-13-15(28-29(23,24)18(5,6)7)14(22)12(10-20)27-16(13)25-8-9-26-17(2,3)4/h12-16,20,22H,8-10H2,1-7H3,(H,19,21)(H,23,24). The van der Waals surface area contributed by atoms with Gasteiger partial charge in [0, 0.05) is 6.92 Å². The minimum Gasteiger partial charge on any atom is -0.394 e. The van der Waals surface area contributed by atoms with E-state index in [1.165, 1.54) is 27.7 Å². The largest absolute Gasteiger partial charge is 0.394 e. The van der Waals surface area contributed by atoms with Gasteiger partial charge in [0.25, 0.3) is 0 Å². The molecule has 0 aliphatic carbocycles. The topological polar surface area (TPSA) is 144 Å². The Balaban J connectivity index is 3.07. The molecule has 1 aliphatic heterocycles. The third kappa shape index (κ3) is 7.88. The molecule has 172 valence electrons. The molecule has 0 aromatic carbocycles. The van der Waals surface area contributed by atoms with Crippen molar-refractivity contribution >= 4 is 13.5 Å². The lowest BCUT2D eigenvalue weighted by molar-refractivity contribution is -0.270. The molecule has 1 saturated heterocycles. The molecular formula is C18H36NO9P. The van der Waals surface area contributed by atoms with Gasteiger partial charge in [-0.15, -0.1) is 0 Å². The molecule has 6 atom stereocenters. The number of ether oxygens (including phenoxy) is 3. The zero-order valence-corrected chi connectivity index (χ0v) is 19.1. The van der Waals surface area contributed by atoms with Gasteiger partial charge in [-0.3, -0.25) is 13.9 Å². The van der Waals surface area contributed by atoms with Crippen molar-refractivity contribution in [3.05, 3.63) is 0 Å². The first kappa shape index (κ1) is 26.5. The summed E-state index contributed by atoms with van der Waals surface area (Å²) in [6.45, 7) is 11.2. The van der Waals surface area contributed by atoms with E-state index in [-0.39, 0.29) is 18.8 Å². The third-order valence-corrected chi connectivity index (χ3v) is 6.46. The van der Waals surface area contributed by atoms with Crippen LogP contribution in [0, 0.1) is 0 Å². The first-order valence-electron chi connectivity index (χ1n) is 9.57. The monoisotopic (exact) mass is 441 g/mol. The van der Waals surface area contributed by atoms with E-state index in [9.17, 15) is 24.5 Å². The SMILES string of the molecule is CC(=O)NC1C(OCCOC(C)(C)C)OC(CO)C(O)C1OP(=O)(O)C(C)(C)C. The van der Waals surface area contributed by atoms with Crippen LogP contribution >= 0.6 is 7.60 Å². The van der Waals surface area contributed by atoms with Crippen molar-refractivity contribution < 1.29 is 43.2 Å². The number of nitrogens with one attached hydrogen (secondary N) is 1. The quantitative estimate of drug-likeness (QED) is 0.317. The van der Waals surface area contributed by atoms with Gasteiger partial charge in [0.2, 0.25) is 5.91 Å². The van der Waals surface area contributed by atoms with E-state index in [0.29, 0.717) is 0 Å². The Morgan fingerprint density at radius 1 is 1.17 bits per heavy atom. The first-order chi connectivity index (χ1) is 13.1. The highest BCUT2D eigenvalue weighted by Gasteiger charge is 2.51. The third-order valence-electron chi connectivity index (χ3n) is 4.24. The van der Waals surface area contributed by atoms with Crippen molar-refractivity contribution in [3.8, 4) is 0 Å². The van der Waals surface area contributed by atoms with Crippen molar-refractivity contribution in [1.29, 1.82) is 0 Å². The molecule has 0 aromatic rings. The Labute approximate surface area is 172 Å². The molecule has 1 rings (SSSR count). The molecule has 0 bridgehead atoms. The van der Waals surface area contributed by atoms with Crippen molar-refractivity contribution in [2.45, 2.75) is 89.9 Å². The summed E-state index contributed by atoms with van der Waals surface area (Å²) >= 11 is 0. The van der Waals surface area contributed by atoms with Crippen LogP contribution in [0.15, 0.2) is 0 Å². The Hall–Kier alpha value is -0.580. The molecule has 10 nitrogen and oxygen atoms in total. The second-order valence-corrected chi connectivity index (χ2v) is 11.6. The Bertz CT molecular complexity index is 587. The van der Waals surface area contributed by atoms with E-state index in [2.05, 4.69) is 5.32 Å². The van der Waals surface area contributed by atoms with Crippen LogP contribution < -0.4 is 5.32 Å². The summed E-state index contributed by atoms with van der Waals surface area (Å²) < 4.78 is 35.0. The molecule has 1 amide bonds. The molecule has 1 heterocycles. The van der Waals surface area contributed by atoms with Crippen LogP contribution in [0.1, 0.15) is 48.5 Å². The molecule has 4 N–H and O–H groups in total. The molecule has 0 aromatic heterocycles. The molecule has 0 radical (unpaired) electrons. The van der Waals surface area contributed by atoms with Gasteiger partial charge in [-0.05, 0) is 41.5 Å². The predicted octanol–water partition coefficient (Wildman–Crippen LogP) is 0.770. The van der Waals surface area contributed by atoms with Crippen LogP contribution in [-0.2, 0) is 28.1 Å². The molecule has 1 fully saturated rings. The van der Waals surface area contributed by atoms with Crippen LogP contribution in [0.4, 0.5) is 0 Å². The maximum absolute atomic E-state index is 12.7. The van der Waals surface area contributed by atoms with Gasteiger partial charge < -0.3 is 34.6 Å². The number of carbonyl (C=O) groups excluding carboxylic acids is 1. The lowest BCUT2D eigenvalue weighted by atomic mass is 9.97. The van der Waals surface area contributed by atoms with Crippen LogP contribution in [-0.4, -0.2) is 82.2 Å². The van der Waals surface area contributed by atoms with Crippen LogP contribution in [0.25, 0.3) is 0 Å². The Kier molecular flexibility index (Phi) is 9.26. The number of rotatable bonds is 8. The average Bonchev–Trinajstić information content (AvgIpc) is 2.54. The first-order valence-corrected chi connectivity index (χ1v) is 11.1. The highest BCUT2D eigenvalue weighted by atomic mass is 31.2. The van der Waals surface area contributed by atoms with E-state index >= 15 is 0 Å². The summed E-state index contributed by atoms with van der Waals surface area (Å²) in [6.07, 6.45) is -5.06. The summed E-state index contributed by atoms with van der Waals surface area (Å²) in [6, 6.07) is -1.08. The summed E-state index contributed by atoms with van der Waals surface area (Å²) in [5.41, 5.74) is -0.375. The highest BCUT2D eigenvalue weighted by molar-refractivity contribution is 7.54. The zero-order chi connectivity index (χ0) is 22.6. The number of hydrogen-bond donors (Lipinski definition) is 4. The molecule has 0 spiro atoms. The van der Waals surface area contributed by atoms with Gasteiger partial charge in [-0.25, -0.2) is 0 Å². The second kappa shape index (κ2) is 10.2. The summed E-state index contributed by atoms with van der Waals surface area (Å²) in [5.74, 6) is -0.468. The maximum atomic E-state index is 12.7. The van der Waals surface area contributed by atoms with E-state index in [1.54, 1.807) is 0 Å². The van der Waals surface area contributed by atoms with Gasteiger partial charge in [-0.2, -0.15) is 0 Å². The summed E-state index contributed by atoms with van der Waals surface area (Å²) in [7, 11) is -4.21. The molecule has 29 heavy (non-hydrogen) atoms. The van der Waals surface area contributed by atoms with Gasteiger partial charge >= 0.3 is 7.60 Å². The summed E-state index contributed by atoms with van der Waals surface area (Å²) in [4.78, 5) is 22.1. The minimum atomic E-state index is -4.21. The average molecular weight is 441 g/mol. The van der Waals surface area contributed by atoms with Crippen LogP contribution in [0.3, 0.4) is 0 Å². The van der Waals surface area contributed by atoms with Crippen molar-refractivity contribution in [3.63, 3.8) is 0 Å². The van der Waals surface area contributed by atoms with Gasteiger partial charge in [0.1, 0.15) is 24.4 Å². The highest BCUT2D eigenvalue weighted by Crippen LogP contribution is 2.56. The van der Waals surface area contributed by atoms with E-state index in [1.807, 2.05) is 20.8 Å². The number of aliphatic hydroxyl groups excluding tert-OH is 2. The van der Waals surface area contributed by atoms with Crippen LogP contribution in [0.5, 0.6) is 0 Å². The molecular weight excluding hydrogens is 405 g/mol. The van der Waals surface area contributed by atoms with Gasteiger partial charge in [0.05, 0.1) is 30.6 Å². The van der Waals surface area contributed by atoms with Gasteiger partial charge in [0.15, 0.2) is 6.29 Å². The van der Waals surface area contributed by atoms with Crippen molar-refractivity contribution in [2.75, 3.05) is 19.8 Å². The van der Waals surface area contributed by atoms with E-state index in [4.69, 9.17) is 18.7 Å². The normalized spacial score (nSPS) is 30.6. The smallest absolute Gasteiger partial charge is 0.333 e. The fourth-order valence-corrected chi connectivity index (χ4v) is 3.46. The Morgan fingerprint density at radius 3 is 2.21 bits per heavy atom. The second-order valence-electron chi connectivity index (χ2n) is 9.04. The molecule has 1 aliphatic rings. The van der Waals surface area contributed by atoms with Gasteiger partial charge in [-0.1, -0.05) is 0 Å². The zero-order valence-electron chi connectivity index (χ0n) is 18.2. The van der Waals surface area contributed by atoms with Crippen LogP contribution in [0.2, 0.25) is 0 Å². The fourth-order valence-electron chi connectivity index (χ4n) is 2.56. The van der Waals surface area contributed by atoms with Crippen molar-refractivity contribution in [1.82, 2.24) is 5.32 Å². The lowest BCUT2D eigenvalue weighted by Gasteiger charge is -2.45. The summed E-state index contributed by atoms with van der Waals surface area (Å²) in [5, 5.41) is 21.6. The van der Waals surface area contributed by atoms with E-state index < -0.39 is 55.9 Å². The lowest BCUT2D eigenvalue weighted by Crippen LogP contribution is -2.65. The predicted molar refractivity (Wildman–Crippen MR) is 105 cm³/mol. The molecule has 0 saturated carbocycles. The maximum Gasteiger partial charge on any atom is 0.333 e. The molecule has 6 unspecified atom stereocenters. The minimum absolute atomic E-state index is 0.0923. The number of aliphatic hydroxyl groups is 2. The van der Waals surface area contributed by atoms with Crippen molar-refractivity contribution in [2.24, 2.45) is 0 Å². The number of hydrogen-bond acceptors (Lipinski definition) is 8. The van der Waals surface area contributed by atoms with E-state index in [0.717, 1.165) is 0 Å². The number of carbonyl (C=O) groups is 1. The molecule has 11 heteroatoms. The fraction of sp³-hybridized carbons (Fsp3) is 0.944. The number of amides is 1.